The second kappa shape index (κ2) is 16.9. The Bertz CT molecular complexity index is 2670. The molecule has 4 fully saturated rings. The summed E-state index contributed by atoms with van der Waals surface area (Å²) in [5, 5.41) is 20.8. The number of hydrogen-bond acceptors (Lipinski definition) is 12. The standard InChI is InChI=1S/C44H49F2N11O4S/c1-4-53(2)62-52-37-12-10-34(45)40(33(37)23-47)49-27-7-11-36-31(19-27)42(59)57(25-48-36)29-22-44(61-24-29)14-17-55(18-15-44)28-8-5-26(6-9-28)30-21-38-32(20-35(30)46)41(51-54(38)3)56-16-13-39(58)50-43(56)60/h7,10-12,19-21,25-26,28-29,49,52H,4-6,8-9,13-18,22,24H2,1-3H3,(H,50,58,60). The molecule has 5 aromatic rings. The number of carbonyl (C=O) groups is 2. The number of amides is 3. The molecule has 1 aliphatic carbocycles. The van der Waals surface area contributed by atoms with E-state index in [1.54, 1.807) is 40.8 Å². The van der Waals surface area contributed by atoms with Gasteiger partial charge in [-0.05, 0) is 106 Å². The lowest BCUT2D eigenvalue weighted by Gasteiger charge is -2.44. The van der Waals surface area contributed by atoms with Gasteiger partial charge >= 0.3 is 6.03 Å². The van der Waals surface area contributed by atoms with Crippen LogP contribution in [0, 0.1) is 23.0 Å². The molecule has 9 rings (SSSR count). The van der Waals surface area contributed by atoms with Crippen LogP contribution in [-0.4, -0.2) is 92.0 Å². The van der Waals surface area contributed by atoms with Crippen LogP contribution in [0.3, 0.4) is 0 Å². The van der Waals surface area contributed by atoms with Gasteiger partial charge in [0, 0.05) is 68.9 Å². The van der Waals surface area contributed by atoms with Crippen LogP contribution in [0.25, 0.3) is 21.8 Å². The van der Waals surface area contributed by atoms with Gasteiger partial charge < -0.3 is 19.7 Å². The first-order chi connectivity index (χ1) is 29.9. The molecule has 62 heavy (non-hydrogen) atoms. The quantitative estimate of drug-likeness (QED) is 0.123. The Morgan fingerprint density at radius 3 is 2.55 bits per heavy atom. The lowest BCUT2D eigenvalue weighted by atomic mass is 9.79. The number of benzene rings is 3. The lowest BCUT2D eigenvalue weighted by Crippen LogP contribution is -2.49. The minimum Gasteiger partial charge on any atom is -0.373 e. The maximum atomic E-state index is 15.8. The first-order valence-electron chi connectivity index (χ1n) is 21.2. The van der Waals surface area contributed by atoms with E-state index in [9.17, 15) is 19.6 Å². The highest BCUT2D eigenvalue weighted by Crippen LogP contribution is 2.44. The molecule has 324 valence electrons. The largest absolute Gasteiger partial charge is 0.373 e. The highest BCUT2D eigenvalue weighted by Gasteiger charge is 2.45. The third kappa shape index (κ3) is 7.87. The number of aryl methyl sites for hydroxylation is 1. The first kappa shape index (κ1) is 41.7. The Kier molecular flexibility index (Phi) is 11.4. The van der Waals surface area contributed by atoms with Gasteiger partial charge in [0.2, 0.25) is 5.91 Å². The molecule has 2 aromatic heterocycles. The molecule has 15 nitrogen and oxygen atoms in total. The van der Waals surface area contributed by atoms with Crippen LogP contribution in [0.5, 0.6) is 0 Å². The Morgan fingerprint density at radius 1 is 1.02 bits per heavy atom. The molecule has 1 spiro atoms. The predicted molar refractivity (Wildman–Crippen MR) is 234 cm³/mol. The molecule has 1 unspecified atom stereocenters. The Morgan fingerprint density at radius 2 is 1.81 bits per heavy atom. The molecule has 1 saturated carbocycles. The zero-order valence-corrected chi connectivity index (χ0v) is 35.7. The zero-order chi connectivity index (χ0) is 43.3. The van der Waals surface area contributed by atoms with Crippen molar-refractivity contribution in [2.24, 2.45) is 7.05 Å². The number of halogens is 2. The van der Waals surface area contributed by atoms with Crippen molar-refractivity contribution >= 4 is 68.8 Å². The van der Waals surface area contributed by atoms with Crippen LogP contribution < -0.4 is 25.8 Å². The van der Waals surface area contributed by atoms with Crippen molar-refractivity contribution in [2.75, 3.05) is 54.8 Å². The fourth-order valence-electron chi connectivity index (χ4n) is 9.66. The highest BCUT2D eigenvalue weighted by atomic mass is 32.2. The van der Waals surface area contributed by atoms with E-state index in [1.165, 1.54) is 35.2 Å². The molecular weight excluding hydrogens is 817 g/mol. The number of likely N-dealkylation sites (tertiary alicyclic amines) is 1. The number of fused-ring (bicyclic) bond motifs is 2. The number of nitrogens with one attached hydrogen (secondary N) is 3. The van der Waals surface area contributed by atoms with E-state index in [-0.39, 0.29) is 59.1 Å². The second-order valence-corrected chi connectivity index (χ2v) is 17.9. The topological polar surface area (TPSA) is 166 Å². The molecule has 5 heterocycles. The number of hydrogen-bond donors (Lipinski definition) is 3. The van der Waals surface area contributed by atoms with Crippen molar-refractivity contribution in [2.45, 2.75) is 81.9 Å². The molecule has 4 aliphatic rings. The van der Waals surface area contributed by atoms with E-state index in [2.05, 4.69) is 36.4 Å². The van der Waals surface area contributed by atoms with Gasteiger partial charge in [0.15, 0.2) is 5.82 Å². The van der Waals surface area contributed by atoms with Crippen LogP contribution in [-0.2, 0) is 16.6 Å². The number of carbonyl (C=O) groups excluding carboxylic acids is 2. The van der Waals surface area contributed by atoms with Crippen molar-refractivity contribution in [3.05, 3.63) is 81.9 Å². The van der Waals surface area contributed by atoms with Gasteiger partial charge in [-0.2, -0.15) is 10.4 Å². The smallest absolute Gasteiger partial charge is 0.329 e. The van der Waals surface area contributed by atoms with Gasteiger partial charge in [-0.25, -0.2) is 22.9 Å². The molecule has 18 heteroatoms. The van der Waals surface area contributed by atoms with Gasteiger partial charge in [-0.3, -0.25) is 29.1 Å². The molecule has 3 N–H and O–H groups in total. The summed E-state index contributed by atoms with van der Waals surface area (Å²) in [7, 11) is 3.69. The summed E-state index contributed by atoms with van der Waals surface area (Å²) in [6.45, 7) is 5.11. The van der Waals surface area contributed by atoms with E-state index >= 15 is 8.78 Å². The van der Waals surface area contributed by atoms with Crippen molar-refractivity contribution in [1.29, 1.82) is 5.26 Å². The summed E-state index contributed by atoms with van der Waals surface area (Å²) in [5.74, 6) is -0.805. The monoisotopic (exact) mass is 865 g/mol. The van der Waals surface area contributed by atoms with E-state index < -0.39 is 11.8 Å². The molecule has 0 radical (unpaired) electrons. The summed E-state index contributed by atoms with van der Waals surface area (Å²) in [5.41, 5.74) is 2.45. The maximum absolute atomic E-state index is 15.8. The molecule has 3 saturated heterocycles. The number of aromatic nitrogens is 4. The average molecular weight is 866 g/mol. The summed E-state index contributed by atoms with van der Waals surface area (Å²) >= 11 is 1.31. The fraction of sp³-hybridized carbons (Fsp3) is 0.455. The molecule has 3 amide bonds. The number of rotatable bonds is 10. The van der Waals surface area contributed by atoms with Gasteiger partial charge in [0.1, 0.15) is 23.3 Å². The first-order valence-corrected chi connectivity index (χ1v) is 22.0. The van der Waals surface area contributed by atoms with Gasteiger partial charge in [0.05, 0.1) is 52.4 Å². The summed E-state index contributed by atoms with van der Waals surface area (Å²) in [4.78, 5) is 46.8. The van der Waals surface area contributed by atoms with Crippen LogP contribution >= 0.6 is 12.1 Å². The van der Waals surface area contributed by atoms with Crippen LogP contribution in [0.15, 0.2) is 53.6 Å². The highest BCUT2D eigenvalue weighted by molar-refractivity contribution is 7.98. The number of imide groups is 1. The number of piperidine rings is 1. The minimum absolute atomic E-state index is 0.0185. The maximum Gasteiger partial charge on any atom is 0.329 e. The van der Waals surface area contributed by atoms with Crippen LogP contribution in [0.1, 0.15) is 81.4 Å². The molecule has 0 bridgehead atoms. The van der Waals surface area contributed by atoms with Crippen molar-refractivity contribution in [3.63, 3.8) is 0 Å². The van der Waals surface area contributed by atoms with Gasteiger partial charge in [-0.1, -0.05) is 6.92 Å². The lowest BCUT2D eigenvalue weighted by molar-refractivity contribution is -0.120. The van der Waals surface area contributed by atoms with Crippen molar-refractivity contribution in [1.82, 2.24) is 33.9 Å². The van der Waals surface area contributed by atoms with E-state index in [4.69, 9.17) is 4.74 Å². The van der Waals surface area contributed by atoms with Crippen molar-refractivity contribution in [3.8, 4) is 6.07 Å². The SMILES string of the molecule is CCN(C)SNc1ccc(F)c(Nc2ccc3ncn(C4COC5(CCN(C6CCC(c7cc8c(cc7F)c(N7CCC(=O)NC7=O)nn8C)CC6)CC5)C4)c(=O)c3c2)c1C#N. The number of anilines is 4. The van der Waals surface area contributed by atoms with Crippen molar-refractivity contribution < 1.29 is 23.1 Å². The normalized spacial score (nSPS) is 21.8. The zero-order valence-electron chi connectivity index (χ0n) is 34.9. The van der Waals surface area contributed by atoms with E-state index in [0.717, 1.165) is 63.7 Å². The van der Waals surface area contributed by atoms with Crippen LogP contribution in [0.4, 0.5) is 36.5 Å². The molecule has 1 atom stereocenters. The minimum atomic E-state index is -0.588. The second-order valence-electron chi connectivity index (χ2n) is 16.9. The Hall–Kier alpha value is -5.61. The average Bonchev–Trinajstić information content (AvgIpc) is 3.83. The Labute approximate surface area is 361 Å². The molecule has 3 aliphatic heterocycles. The number of nitrogens with zero attached hydrogens (tertiary/aromatic N) is 8. The number of nitriles is 1. The number of ether oxygens (including phenoxy) is 1. The van der Waals surface area contributed by atoms with Crippen LogP contribution in [0.2, 0.25) is 0 Å². The van der Waals surface area contributed by atoms with E-state index in [1.807, 2.05) is 24.3 Å². The summed E-state index contributed by atoms with van der Waals surface area (Å²) in [6.07, 6.45) is 7.76. The van der Waals surface area contributed by atoms with Gasteiger partial charge in [0.25, 0.3) is 5.56 Å². The van der Waals surface area contributed by atoms with E-state index in [0.29, 0.717) is 58.1 Å². The summed E-state index contributed by atoms with van der Waals surface area (Å²) < 4.78 is 45.9. The molecule has 3 aromatic carbocycles. The van der Waals surface area contributed by atoms with Gasteiger partial charge in [-0.15, -0.1) is 0 Å². The number of urea groups is 1. The third-order valence-corrected chi connectivity index (χ3v) is 14.2. The Balaban J connectivity index is 0.826. The third-order valence-electron chi connectivity index (χ3n) is 13.3. The summed E-state index contributed by atoms with van der Waals surface area (Å²) in [6, 6.07) is 13.1. The predicted octanol–water partition coefficient (Wildman–Crippen LogP) is 7.07. The molecular formula is C44H49F2N11O4S. The fourth-order valence-corrected chi connectivity index (χ4v) is 10.2.